The Morgan fingerprint density at radius 3 is 1.62 bits per heavy atom. The lowest BCUT2D eigenvalue weighted by Gasteiger charge is -2.32. The van der Waals surface area contributed by atoms with Crippen molar-refractivity contribution < 1.29 is 19.4 Å². The van der Waals surface area contributed by atoms with Gasteiger partial charge in [0.25, 0.3) is 0 Å². The summed E-state index contributed by atoms with van der Waals surface area (Å²) < 4.78 is 5.28. The van der Waals surface area contributed by atoms with Crippen LogP contribution in [-0.2, 0) is 9.53 Å². The van der Waals surface area contributed by atoms with Gasteiger partial charge in [-0.25, -0.2) is 4.79 Å². The molecule has 0 rings (SSSR count). The van der Waals surface area contributed by atoms with Crippen molar-refractivity contribution >= 4 is 12.4 Å². The van der Waals surface area contributed by atoms with Crippen LogP contribution < -0.4 is 10.6 Å². The molecule has 202 valence electrons. The van der Waals surface area contributed by atoms with E-state index < -0.39 is 17.2 Å². The number of carbonyl (C=O) groups is 2. The minimum Gasteiger partial charge on any atom is -0.444 e. The first-order valence-corrected chi connectivity index (χ1v) is 14.0. The molecule has 0 aliphatic rings. The van der Waals surface area contributed by atoms with Gasteiger partial charge >= 0.3 is 6.09 Å². The van der Waals surface area contributed by atoms with E-state index >= 15 is 0 Å². The van der Waals surface area contributed by atoms with E-state index in [0.717, 1.165) is 19.3 Å². The Labute approximate surface area is 210 Å². The minimum atomic E-state index is -1.03. The third-order valence-electron chi connectivity index (χ3n) is 6.21. The molecular formula is C28H56N2O4. The molecule has 0 aromatic carbocycles. The number of aldehydes is 1. The lowest BCUT2D eigenvalue weighted by molar-refractivity contribution is -0.109. The molecule has 0 saturated carbocycles. The molecule has 3 N–H and O–H groups in total. The second-order valence-electron chi connectivity index (χ2n) is 10.9. The molecule has 0 spiro atoms. The van der Waals surface area contributed by atoms with Crippen molar-refractivity contribution in [2.24, 2.45) is 0 Å². The largest absolute Gasteiger partial charge is 0.444 e. The lowest BCUT2D eigenvalue weighted by Crippen LogP contribution is -2.58. The summed E-state index contributed by atoms with van der Waals surface area (Å²) in [7, 11) is 0. The zero-order valence-electron chi connectivity index (χ0n) is 22.9. The predicted molar refractivity (Wildman–Crippen MR) is 142 cm³/mol. The first-order chi connectivity index (χ1) is 16.3. The second kappa shape index (κ2) is 21.2. The molecule has 0 bridgehead atoms. The number of unbranched alkanes of at least 4 members (excludes halogenated alkanes) is 15. The maximum Gasteiger partial charge on any atom is 0.408 e. The van der Waals surface area contributed by atoms with Crippen molar-refractivity contribution in [1.82, 2.24) is 10.6 Å². The third-order valence-corrected chi connectivity index (χ3v) is 6.21. The standard InChI is InChI=1S/C28H56N2O4/c1-5-6-7-8-9-10-11-12-13-14-15-16-17-18-19-20-22-29-24-28(25-32,21-23-31)30-26(33)34-27(2,3)4/h23,29,32H,5-22,24-25H2,1-4H3,(H,30,33). The number of carbonyl (C=O) groups excluding carboxylic acids is 2. The van der Waals surface area contributed by atoms with Gasteiger partial charge in [0.2, 0.25) is 0 Å². The Kier molecular flexibility index (Phi) is 20.5. The van der Waals surface area contributed by atoms with Gasteiger partial charge in [0.15, 0.2) is 0 Å². The molecule has 6 nitrogen and oxygen atoms in total. The maximum atomic E-state index is 12.1. The number of alkyl carbamates (subject to hydrolysis) is 1. The molecule has 1 unspecified atom stereocenters. The Hall–Kier alpha value is -1.14. The van der Waals surface area contributed by atoms with E-state index in [2.05, 4.69) is 17.6 Å². The normalized spacial score (nSPS) is 13.4. The Morgan fingerprint density at radius 1 is 0.794 bits per heavy atom. The fourth-order valence-electron chi connectivity index (χ4n) is 4.13. The van der Waals surface area contributed by atoms with Gasteiger partial charge < -0.3 is 25.3 Å². The van der Waals surface area contributed by atoms with Crippen LogP contribution in [0.1, 0.15) is 137 Å². The van der Waals surface area contributed by atoms with Crippen molar-refractivity contribution in [1.29, 1.82) is 0 Å². The average Bonchev–Trinajstić information content (AvgIpc) is 2.77. The highest BCUT2D eigenvalue weighted by Crippen LogP contribution is 2.14. The van der Waals surface area contributed by atoms with Crippen molar-refractivity contribution in [3.63, 3.8) is 0 Å². The minimum absolute atomic E-state index is 0.0364. The van der Waals surface area contributed by atoms with Gasteiger partial charge in [-0.15, -0.1) is 0 Å². The van der Waals surface area contributed by atoms with Crippen LogP contribution in [0.3, 0.4) is 0 Å². The fourth-order valence-corrected chi connectivity index (χ4v) is 4.13. The summed E-state index contributed by atoms with van der Waals surface area (Å²) in [6, 6.07) is 0. The van der Waals surface area contributed by atoms with Crippen molar-refractivity contribution in [3.05, 3.63) is 0 Å². The summed E-state index contributed by atoms with van der Waals surface area (Å²) in [5.74, 6) is 0. The first-order valence-electron chi connectivity index (χ1n) is 14.0. The van der Waals surface area contributed by atoms with Gasteiger partial charge in [-0.2, -0.15) is 0 Å². The van der Waals surface area contributed by atoms with Gasteiger partial charge in [-0.05, 0) is 33.7 Å². The van der Waals surface area contributed by atoms with E-state index in [1.54, 1.807) is 20.8 Å². The van der Waals surface area contributed by atoms with E-state index in [0.29, 0.717) is 6.54 Å². The molecule has 0 aromatic rings. The molecule has 0 aliphatic carbocycles. The molecule has 34 heavy (non-hydrogen) atoms. The SMILES string of the molecule is CCCCCCCCCCCCCCCCCCNCC(CO)(CC=O)NC(=O)OC(C)(C)C. The van der Waals surface area contributed by atoms with E-state index in [1.165, 1.54) is 96.3 Å². The van der Waals surface area contributed by atoms with Crippen LogP contribution >= 0.6 is 0 Å². The van der Waals surface area contributed by atoms with Crippen LogP contribution in [0.5, 0.6) is 0 Å². The fraction of sp³-hybridized carbons (Fsp3) is 0.929. The lowest BCUT2D eigenvalue weighted by atomic mass is 9.97. The highest BCUT2D eigenvalue weighted by molar-refractivity contribution is 5.70. The highest BCUT2D eigenvalue weighted by Gasteiger charge is 2.32. The molecular weight excluding hydrogens is 428 g/mol. The molecule has 1 atom stereocenters. The third kappa shape index (κ3) is 20.3. The van der Waals surface area contributed by atoms with Gasteiger partial charge in [-0.1, -0.05) is 103 Å². The van der Waals surface area contributed by atoms with Crippen LogP contribution in [0.25, 0.3) is 0 Å². The average molecular weight is 485 g/mol. The van der Waals surface area contributed by atoms with Crippen molar-refractivity contribution in [2.75, 3.05) is 19.7 Å². The van der Waals surface area contributed by atoms with Crippen LogP contribution in [0, 0.1) is 0 Å². The van der Waals surface area contributed by atoms with Crippen molar-refractivity contribution in [2.45, 2.75) is 148 Å². The molecule has 0 radical (unpaired) electrons. The van der Waals surface area contributed by atoms with E-state index in [-0.39, 0.29) is 13.0 Å². The predicted octanol–water partition coefficient (Wildman–Crippen LogP) is 6.68. The smallest absolute Gasteiger partial charge is 0.408 e. The van der Waals surface area contributed by atoms with Crippen LogP contribution in [0.2, 0.25) is 0 Å². The van der Waals surface area contributed by atoms with E-state index in [1.807, 2.05) is 0 Å². The summed E-state index contributed by atoms with van der Waals surface area (Å²) in [6.07, 6.45) is 21.6. The number of rotatable bonds is 23. The number of aliphatic hydroxyl groups is 1. The van der Waals surface area contributed by atoms with Crippen LogP contribution in [-0.4, -0.2) is 48.3 Å². The quantitative estimate of drug-likeness (QED) is 0.111. The summed E-state index contributed by atoms with van der Waals surface area (Å²) in [4.78, 5) is 23.2. The number of amides is 1. The monoisotopic (exact) mass is 484 g/mol. The molecule has 0 saturated heterocycles. The number of ether oxygens (including phenoxy) is 1. The first kappa shape index (κ1) is 32.9. The van der Waals surface area contributed by atoms with Gasteiger partial charge in [0.1, 0.15) is 11.9 Å². The topological polar surface area (TPSA) is 87.7 Å². The van der Waals surface area contributed by atoms with E-state index in [4.69, 9.17) is 4.74 Å². The van der Waals surface area contributed by atoms with Crippen LogP contribution in [0.15, 0.2) is 0 Å². The van der Waals surface area contributed by atoms with Crippen molar-refractivity contribution in [3.8, 4) is 0 Å². The van der Waals surface area contributed by atoms with E-state index in [9.17, 15) is 14.7 Å². The summed E-state index contributed by atoms with van der Waals surface area (Å²) in [5, 5.41) is 15.8. The summed E-state index contributed by atoms with van der Waals surface area (Å²) >= 11 is 0. The Balaban J connectivity index is 3.71. The van der Waals surface area contributed by atoms with Gasteiger partial charge in [-0.3, -0.25) is 0 Å². The highest BCUT2D eigenvalue weighted by atomic mass is 16.6. The molecule has 0 fully saturated rings. The molecule has 1 amide bonds. The molecule has 0 heterocycles. The Morgan fingerprint density at radius 2 is 1.24 bits per heavy atom. The number of hydrogen-bond donors (Lipinski definition) is 3. The molecule has 0 aliphatic heterocycles. The summed E-state index contributed by atoms with van der Waals surface area (Å²) in [5.41, 5.74) is -1.66. The zero-order chi connectivity index (χ0) is 25.5. The maximum absolute atomic E-state index is 12.1. The number of aliphatic hydroxyl groups excluding tert-OH is 1. The van der Waals surface area contributed by atoms with Gasteiger partial charge in [0.05, 0.1) is 12.1 Å². The number of nitrogens with one attached hydrogen (secondary N) is 2. The summed E-state index contributed by atoms with van der Waals surface area (Å²) in [6.45, 7) is 8.42. The molecule has 6 heteroatoms. The zero-order valence-corrected chi connectivity index (χ0v) is 22.9. The van der Waals surface area contributed by atoms with Gasteiger partial charge in [0, 0.05) is 13.0 Å². The number of hydrogen-bond acceptors (Lipinski definition) is 5. The van der Waals surface area contributed by atoms with Crippen LogP contribution in [0.4, 0.5) is 4.79 Å². The Bertz CT molecular complexity index is 493. The second-order valence-corrected chi connectivity index (χ2v) is 10.9. The molecule has 0 aromatic heterocycles.